The SMILES string of the molecule is COC(=O)NC(C(=O)NC1CC(O)CC1CC[C@H]1CN(C(=O)OCc2ccccc2)CCN1S(=O)(=O)c1ccccc1)C(c1ccc(F)cc1)c1ccc(F)cc1. The summed E-state index contributed by atoms with van der Waals surface area (Å²) < 4.78 is 67.8. The van der Waals surface area contributed by atoms with Crippen molar-refractivity contribution in [2.75, 3.05) is 26.7 Å². The molecule has 302 valence electrons. The molecule has 0 aromatic heterocycles. The predicted molar refractivity (Wildman–Crippen MR) is 206 cm³/mol. The summed E-state index contributed by atoms with van der Waals surface area (Å²) >= 11 is 0. The molecule has 6 rings (SSSR count). The molecular formula is C42H46F2N4O8S. The average molecular weight is 805 g/mol. The Kier molecular flexibility index (Phi) is 13.5. The van der Waals surface area contributed by atoms with Crippen LogP contribution in [0.2, 0.25) is 0 Å². The van der Waals surface area contributed by atoms with E-state index in [9.17, 15) is 36.7 Å². The maximum atomic E-state index is 14.3. The van der Waals surface area contributed by atoms with Gasteiger partial charge < -0.3 is 30.1 Å². The van der Waals surface area contributed by atoms with E-state index in [1.807, 2.05) is 30.3 Å². The lowest BCUT2D eigenvalue weighted by Gasteiger charge is -2.40. The van der Waals surface area contributed by atoms with Crippen molar-refractivity contribution in [1.82, 2.24) is 19.8 Å². The Hall–Kier alpha value is -5.38. The molecule has 1 aliphatic heterocycles. The highest BCUT2D eigenvalue weighted by Gasteiger charge is 2.42. The second kappa shape index (κ2) is 18.7. The highest BCUT2D eigenvalue weighted by atomic mass is 32.2. The Morgan fingerprint density at radius 1 is 0.825 bits per heavy atom. The molecule has 2 aliphatic rings. The molecule has 15 heteroatoms. The molecule has 2 fully saturated rings. The number of ether oxygens (including phenoxy) is 2. The summed E-state index contributed by atoms with van der Waals surface area (Å²) in [4.78, 5) is 41.8. The molecule has 1 saturated carbocycles. The van der Waals surface area contributed by atoms with Crippen LogP contribution in [0.3, 0.4) is 0 Å². The van der Waals surface area contributed by atoms with Gasteiger partial charge in [-0.1, -0.05) is 72.8 Å². The summed E-state index contributed by atoms with van der Waals surface area (Å²) in [5, 5.41) is 16.5. The number of halogens is 2. The lowest BCUT2D eigenvalue weighted by atomic mass is 9.84. The van der Waals surface area contributed by atoms with E-state index in [4.69, 9.17) is 9.47 Å². The Bertz CT molecular complexity index is 2030. The molecule has 57 heavy (non-hydrogen) atoms. The molecule has 0 spiro atoms. The van der Waals surface area contributed by atoms with Gasteiger partial charge >= 0.3 is 12.2 Å². The third-order valence-corrected chi connectivity index (χ3v) is 12.6. The minimum Gasteiger partial charge on any atom is -0.453 e. The number of aliphatic hydroxyl groups excluding tert-OH is 1. The summed E-state index contributed by atoms with van der Waals surface area (Å²) in [5.41, 5.74) is 1.74. The minimum absolute atomic E-state index is 0.0326. The highest BCUT2D eigenvalue weighted by molar-refractivity contribution is 7.89. The summed E-state index contributed by atoms with van der Waals surface area (Å²) in [6.45, 7) is 0.275. The first-order valence-corrected chi connectivity index (χ1v) is 20.2. The number of aliphatic hydroxyl groups is 1. The Balaban J connectivity index is 1.22. The van der Waals surface area contributed by atoms with E-state index in [0.717, 1.165) is 12.7 Å². The second-order valence-corrected chi connectivity index (χ2v) is 16.2. The lowest BCUT2D eigenvalue weighted by Crippen LogP contribution is -2.56. The zero-order chi connectivity index (χ0) is 40.5. The molecule has 4 aromatic carbocycles. The van der Waals surface area contributed by atoms with Gasteiger partial charge in [0, 0.05) is 37.6 Å². The number of methoxy groups -OCH3 is 1. The number of hydrogen-bond donors (Lipinski definition) is 3. The van der Waals surface area contributed by atoms with E-state index >= 15 is 0 Å². The van der Waals surface area contributed by atoms with Crippen LogP contribution in [0.1, 0.15) is 48.3 Å². The third kappa shape index (κ3) is 10.3. The van der Waals surface area contributed by atoms with Crippen molar-refractivity contribution in [1.29, 1.82) is 0 Å². The van der Waals surface area contributed by atoms with Crippen molar-refractivity contribution in [2.24, 2.45) is 5.92 Å². The van der Waals surface area contributed by atoms with Gasteiger partial charge in [0.1, 0.15) is 24.3 Å². The fourth-order valence-electron chi connectivity index (χ4n) is 7.77. The molecule has 0 bridgehead atoms. The van der Waals surface area contributed by atoms with Gasteiger partial charge in [-0.05, 0) is 84.7 Å². The molecular weight excluding hydrogens is 759 g/mol. The smallest absolute Gasteiger partial charge is 0.410 e. The van der Waals surface area contributed by atoms with Crippen LogP contribution >= 0.6 is 0 Å². The number of hydrogen-bond acceptors (Lipinski definition) is 8. The van der Waals surface area contributed by atoms with Crippen LogP contribution in [-0.4, -0.2) is 91.8 Å². The maximum Gasteiger partial charge on any atom is 0.410 e. The van der Waals surface area contributed by atoms with Gasteiger partial charge in [-0.25, -0.2) is 26.8 Å². The molecule has 0 radical (unpaired) electrons. The van der Waals surface area contributed by atoms with E-state index in [2.05, 4.69) is 10.6 Å². The number of sulfonamides is 1. The average Bonchev–Trinajstić information content (AvgIpc) is 3.58. The summed E-state index contributed by atoms with van der Waals surface area (Å²) in [5.74, 6) is -2.87. The first-order valence-electron chi connectivity index (χ1n) is 18.8. The van der Waals surface area contributed by atoms with Crippen LogP contribution in [0, 0.1) is 17.6 Å². The number of rotatable bonds is 13. The van der Waals surface area contributed by atoms with E-state index in [0.29, 0.717) is 24.0 Å². The van der Waals surface area contributed by atoms with Crippen molar-refractivity contribution < 1.29 is 46.2 Å². The maximum absolute atomic E-state index is 14.3. The third-order valence-electron chi connectivity index (χ3n) is 10.6. The first-order chi connectivity index (χ1) is 27.4. The molecule has 1 heterocycles. The van der Waals surface area contributed by atoms with Gasteiger partial charge in [-0.15, -0.1) is 0 Å². The Labute approximate surface area is 330 Å². The van der Waals surface area contributed by atoms with E-state index in [-0.39, 0.29) is 49.9 Å². The molecule has 1 aliphatic carbocycles. The number of piperazine rings is 1. The predicted octanol–water partition coefficient (Wildman–Crippen LogP) is 5.57. The van der Waals surface area contributed by atoms with Gasteiger partial charge in [0.2, 0.25) is 15.9 Å². The number of carbonyl (C=O) groups is 3. The molecule has 5 atom stereocenters. The zero-order valence-corrected chi connectivity index (χ0v) is 32.2. The lowest BCUT2D eigenvalue weighted by molar-refractivity contribution is -0.124. The fraction of sp³-hybridized carbons (Fsp3) is 0.357. The fourth-order valence-corrected chi connectivity index (χ4v) is 9.43. The zero-order valence-electron chi connectivity index (χ0n) is 31.4. The molecule has 12 nitrogen and oxygen atoms in total. The number of carbonyl (C=O) groups excluding carboxylic acids is 3. The van der Waals surface area contributed by atoms with E-state index in [1.165, 1.54) is 69.9 Å². The molecule has 4 aromatic rings. The Morgan fingerprint density at radius 2 is 1.42 bits per heavy atom. The minimum atomic E-state index is -3.96. The van der Waals surface area contributed by atoms with Crippen LogP contribution < -0.4 is 10.6 Å². The van der Waals surface area contributed by atoms with Gasteiger partial charge in [0.05, 0.1) is 18.1 Å². The van der Waals surface area contributed by atoms with Crippen molar-refractivity contribution in [2.45, 2.75) is 67.3 Å². The van der Waals surface area contributed by atoms with Crippen LogP contribution in [0.5, 0.6) is 0 Å². The van der Waals surface area contributed by atoms with Crippen molar-refractivity contribution in [3.63, 3.8) is 0 Å². The van der Waals surface area contributed by atoms with Crippen molar-refractivity contribution in [3.8, 4) is 0 Å². The summed E-state index contributed by atoms with van der Waals surface area (Å²) in [6, 6.07) is 25.5. The van der Waals surface area contributed by atoms with Gasteiger partial charge in [-0.3, -0.25) is 4.79 Å². The topological polar surface area (TPSA) is 155 Å². The number of nitrogens with one attached hydrogen (secondary N) is 2. The largest absolute Gasteiger partial charge is 0.453 e. The van der Waals surface area contributed by atoms with Crippen molar-refractivity contribution in [3.05, 3.63) is 138 Å². The molecule has 3 N–H and O–H groups in total. The van der Waals surface area contributed by atoms with Crippen LogP contribution in [0.25, 0.3) is 0 Å². The van der Waals surface area contributed by atoms with Crippen LogP contribution in [-0.2, 0) is 30.9 Å². The Morgan fingerprint density at radius 3 is 2.02 bits per heavy atom. The molecule has 1 saturated heterocycles. The van der Waals surface area contributed by atoms with Crippen molar-refractivity contribution >= 4 is 28.1 Å². The second-order valence-electron chi connectivity index (χ2n) is 14.3. The van der Waals surface area contributed by atoms with Gasteiger partial charge in [0.15, 0.2) is 0 Å². The number of benzene rings is 4. The molecule has 4 unspecified atom stereocenters. The molecule has 3 amide bonds. The summed E-state index contributed by atoms with van der Waals surface area (Å²) in [7, 11) is -2.81. The van der Waals surface area contributed by atoms with E-state index in [1.54, 1.807) is 18.2 Å². The standard InChI is InChI=1S/C42H46F2N4O8S/c1-55-41(51)46-39(38(29-12-17-32(43)18-13-29)30-14-19-33(44)20-15-30)40(50)45-37-25-35(49)24-31(37)16-21-34-26-47(42(52)56-27-28-8-4-2-5-9-28)22-23-48(34)57(53,54)36-10-6-3-7-11-36/h2-15,17-20,31,34-35,37-39,49H,16,21-27H2,1H3,(H,45,50)(H,46,51)/t31?,34-,35?,37?,39?/m0/s1. The normalized spacial score (nSPS) is 20.5. The number of nitrogens with zero attached hydrogens (tertiary/aromatic N) is 2. The first kappa shape index (κ1) is 41.3. The number of alkyl carbamates (subject to hydrolysis) is 1. The quantitative estimate of drug-likeness (QED) is 0.159. The highest BCUT2D eigenvalue weighted by Crippen LogP contribution is 2.34. The van der Waals surface area contributed by atoms with E-state index < -0.39 is 69.9 Å². The monoisotopic (exact) mass is 804 g/mol. The van der Waals surface area contributed by atoms with Gasteiger partial charge in [-0.2, -0.15) is 4.31 Å². The van der Waals surface area contributed by atoms with Crippen LogP contribution in [0.15, 0.2) is 114 Å². The number of amides is 3. The van der Waals surface area contributed by atoms with Gasteiger partial charge in [0.25, 0.3) is 0 Å². The summed E-state index contributed by atoms with van der Waals surface area (Å²) in [6.07, 6.45) is -1.10. The van der Waals surface area contributed by atoms with Crippen LogP contribution in [0.4, 0.5) is 18.4 Å².